The Morgan fingerprint density at radius 3 is 2.25 bits per heavy atom. The number of aryl methyl sites for hydroxylation is 1. The lowest BCUT2D eigenvalue weighted by Crippen LogP contribution is -2.34. The molecular weight excluding hydrogens is 377 g/mol. The van der Waals surface area contributed by atoms with E-state index in [1.165, 1.54) is 29.6 Å². The van der Waals surface area contributed by atoms with E-state index in [9.17, 15) is 12.8 Å². The van der Waals surface area contributed by atoms with Crippen LogP contribution in [0.2, 0.25) is 0 Å². The second-order valence-electron chi connectivity index (χ2n) is 6.51. The van der Waals surface area contributed by atoms with Gasteiger partial charge in [0.05, 0.1) is 23.7 Å². The number of hydrogen-bond acceptors (Lipinski definition) is 3. The minimum Gasteiger partial charge on any atom is -0.497 e. The van der Waals surface area contributed by atoms with Crippen molar-refractivity contribution in [1.29, 1.82) is 0 Å². The van der Waals surface area contributed by atoms with Gasteiger partial charge in [-0.3, -0.25) is 4.31 Å². The Bertz CT molecular complexity index is 1070. The molecule has 0 fully saturated rings. The van der Waals surface area contributed by atoms with Gasteiger partial charge in [-0.05, 0) is 61.9 Å². The molecule has 0 radical (unpaired) electrons. The molecule has 0 heterocycles. The van der Waals surface area contributed by atoms with Crippen LogP contribution in [0.5, 0.6) is 5.75 Å². The molecule has 0 aliphatic carbocycles. The minimum atomic E-state index is -3.95. The third-order valence-electron chi connectivity index (χ3n) is 4.58. The van der Waals surface area contributed by atoms with Crippen LogP contribution in [0.4, 0.5) is 10.1 Å². The molecule has 0 aliphatic heterocycles. The number of sulfonamides is 1. The smallest absolute Gasteiger partial charge is 0.264 e. The lowest BCUT2D eigenvalue weighted by molar-refractivity contribution is 0.414. The summed E-state index contributed by atoms with van der Waals surface area (Å²) in [5.74, 6) is 0.112. The average molecular weight is 399 g/mol. The van der Waals surface area contributed by atoms with E-state index in [1.54, 1.807) is 55.5 Å². The number of methoxy groups -OCH3 is 1. The number of anilines is 1. The zero-order chi connectivity index (χ0) is 20.3. The van der Waals surface area contributed by atoms with Gasteiger partial charge in [-0.25, -0.2) is 12.8 Å². The van der Waals surface area contributed by atoms with Gasteiger partial charge in [0, 0.05) is 5.56 Å². The van der Waals surface area contributed by atoms with Crippen molar-refractivity contribution in [2.24, 2.45) is 0 Å². The summed E-state index contributed by atoms with van der Waals surface area (Å²) in [4.78, 5) is 0.109. The highest BCUT2D eigenvalue weighted by molar-refractivity contribution is 7.92. The molecule has 28 heavy (non-hydrogen) atoms. The summed E-state index contributed by atoms with van der Waals surface area (Å²) in [7, 11) is -2.43. The van der Waals surface area contributed by atoms with E-state index in [0.29, 0.717) is 17.0 Å². The largest absolute Gasteiger partial charge is 0.497 e. The molecule has 0 spiro atoms. The second-order valence-corrected chi connectivity index (χ2v) is 8.33. The number of ether oxygens (including phenoxy) is 1. The van der Waals surface area contributed by atoms with Crippen molar-refractivity contribution < 1.29 is 17.5 Å². The van der Waals surface area contributed by atoms with Gasteiger partial charge in [0.15, 0.2) is 0 Å². The van der Waals surface area contributed by atoms with Crippen LogP contribution < -0.4 is 9.04 Å². The normalized spacial score (nSPS) is 12.4. The van der Waals surface area contributed by atoms with E-state index in [0.717, 1.165) is 5.56 Å². The van der Waals surface area contributed by atoms with Crippen LogP contribution in [-0.2, 0) is 10.0 Å². The molecule has 3 aromatic rings. The quantitative estimate of drug-likeness (QED) is 0.579. The molecule has 3 rings (SSSR count). The minimum absolute atomic E-state index is 0.109. The first-order valence-electron chi connectivity index (χ1n) is 8.84. The molecule has 0 N–H and O–H groups in total. The number of benzene rings is 3. The van der Waals surface area contributed by atoms with Gasteiger partial charge >= 0.3 is 0 Å². The molecule has 0 aromatic heterocycles. The average Bonchev–Trinajstić information content (AvgIpc) is 2.68. The zero-order valence-electron chi connectivity index (χ0n) is 16.0. The zero-order valence-corrected chi connectivity index (χ0v) is 16.8. The summed E-state index contributed by atoms with van der Waals surface area (Å²) in [5, 5.41) is 0. The first-order valence-corrected chi connectivity index (χ1v) is 10.3. The molecule has 146 valence electrons. The molecule has 1 unspecified atom stereocenters. The van der Waals surface area contributed by atoms with Crippen molar-refractivity contribution in [3.05, 3.63) is 89.7 Å². The Balaban J connectivity index is 2.16. The van der Waals surface area contributed by atoms with Gasteiger partial charge in [-0.15, -0.1) is 0 Å². The van der Waals surface area contributed by atoms with E-state index >= 15 is 0 Å². The predicted octanol–water partition coefficient (Wildman–Crippen LogP) is 5.10. The van der Waals surface area contributed by atoms with Crippen molar-refractivity contribution in [3.8, 4) is 5.75 Å². The Kier molecular flexibility index (Phi) is 5.70. The molecule has 0 aliphatic rings. The van der Waals surface area contributed by atoms with Crippen LogP contribution in [0.15, 0.2) is 77.7 Å². The Morgan fingerprint density at radius 1 is 0.964 bits per heavy atom. The van der Waals surface area contributed by atoms with Crippen molar-refractivity contribution in [2.75, 3.05) is 11.4 Å². The molecule has 0 amide bonds. The fourth-order valence-corrected chi connectivity index (χ4v) is 4.77. The van der Waals surface area contributed by atoms with E-state index in [2.05, 4.69) is 0 Å². The first kappa shape index (κ1) is 19.9. The first-order chi connectivity index (χ1) is 13.3. The van der Waals surface area contributed by atoms with E-state index in [1.807, 2.05) is 13.0 Å². The van der Waals surface area contributed by atoms with Crippen LogP contribution in [0, 0.1) is 12.7 Å². The molecule has 0 saturated heterocycles. The maximum absolute atomic E-state index is 14.4. The molecule has 0 bridgehead atoms. The maximum Gasteiger partial charge on any atom is 0.264 e. The van der Waals surface area contributed by atoms with Crippen molar-refractivity contribution in [2.45, 2.75) is 24.8 Å². The fourth-order valence-electron chi connectivity index (χ4n) is 3.14. The van der Waals surface area contributed by atoms with Gasteiger partial charge < -0.3 is 4.74 Å². The van der Waals surface area contributed by atoms with Crippen molar-refractivity contribution in [3.63, 3.8) is 0 Å². The summed E-state index contributed by atoms with van der Waals surface area (Å²) >= 11 is 0. The number of rotatable bonds is 6. The predicted molar refractivity (Wildman–Crippen MR) is 109 cm³/mol. The van der Waals surface area contributed by atoms with Gasteiger partial charge in [0.2, 0.25) is 0 Å². The van der Waals surface area contributed by atoms with E-state index in [-0.39, 0.29) is 4.90 Å². The van der Waals surface area contributed by atoms with Crippen LogP contribution in [0.25, 0.3) is 0 Å². The third-order valence-corrected chi connectivity index (χ3v) is 6.49. The van der Waals surface area contributed by atoms with Gasteiger partial charge in [-0.2, -0.15) is 0 Å². The van der Waals surface area contributed by atoms with E-state index < -0.39 is 21.9 Å². The van der Waals surface area contributed by atoms with Crippen LogP contribution in [-0.4, -0.2) is 15.5 Å². The van der Waals surface area contributed by atoms with Gasteiger partial charge in [-0.1, -0.05) is 30.3 Å². The van der Waals surface area contributed by atoms with Crippen LogP contribution >= 0.6 is 0 Å². The Labute approximate surface area is 165 Å². The Hall–Kier alpha value is -2.86. The number of halogens is 1. The van der Waals surface area contributed by atoms with Gasteiger partial charge in [0.25, 0.3) is 10.0 Å². The number of hydrogen-bond donors (Lipinski definition) is 0. The summed E-state index contributed by atoms with van der Waals surface area (Å²) in [6.07, 6.45) is 0. The molecule has 6 heteroatoms. The van der Waals surface area contributed by atoms with Crippen LogP contribution in [0.1, 0.15) is 24.1 Å². The SMILES string of the molecule is COc1ccc(S(=O)(=O)N(c2cccc(C)c2)C(C)c2ccccc2F)cc1. The van der Waals surface area contributed by atoms with E-state index in [4.69, 9.17) is 4.74 Å². The van der Waals surface area contributed by atoms with Crippen LogP contribution in [0.3, 0.4) is 0 Å². The van der Waals surface area contributed by atoms with Gasteiger partial charge in [0.1, 0.15) is 11.6 Å². The standard InChI is InChI=1S/C22H22FNO3S/c1-16-7-6-8-18(15-16)24(17(2)21-9-4-5-10-22(21)23)28(25,26)20-13-11-19(27-3)12-14-20/h4-15,17H,1-3H3. The monoisotopic (exact) mass is 399 g/mol. The Morgan fingerprint density at radius 2 is 1.64 bits per heavy atom. The molecule has 1 atom stereocenters. The summed E-state index contributed by atoms with van der Waals surface area (Å²) in [6, 6.07) is 18.8. The lowest BCUT2D eigenvalue weighted by atomic mass is 10.1. The van der Waals surface area contributed by atoms with Crippen molar-refractivity contribution in [1.82, 2.24) is 0 Å². The molecular formula is C22H22FNO3S. The summed E-state index contributed by atoms with van der Waals surface area (Å²) in [5.41, 5.74) is 1.70. The topological polar surface area (TPSA) is 46.6 Å². The molecule has 3 aromatic carbocycles. The lowest BCUT2D eigenvalue weighted by Gasteiger charge is -2.31. The third kappa shape index (κ3) is 3.87. The highest BCUT2D eigenvalue weighted by Gasteiger charge is 2.31. The van der Waals surface area contributed by atoms with Crippen molar-refractivity contribution >= 4 is 15.7 Å². The fraction of sp³-hybridized carbons (Fsp3) is 0.182. The highest BCUT2D eigenvalue weighted by atomic mass is 32.2. The second kappa shape index (κ2) is 8.02. The summed E-state index contributed by atoms with van der Waals surface area (Å²) < 4.78 is 47.9. The number of nitrogens with zero attached hydrogens (tertiary/aromatic N) is 1. The maximum atomic E-state index is 14.4. The highest BCUT2D eigenvalue weighted by Crippen LogP contribution is 2.35. The molecule has 4 nitrogen and oxygen atoms in total. The summed E-state index contributed by atoms with van der Waals surface area (Å²) in [6.45, 7) is 3.57. The molecule has 0 saturated carbocycles.